The van der Waals surface area contributed by atoms with Crippen molar-refractivity contribution in [1.29, 1.82) is 0 Å². The summed E-state index contributed by atoms with van der Waals surface area (Å²) < 4.78 is 53.4. The van der Waals surface area contributed by atoms with E-state index in [1.807, 2.05) is 0 Å². The maximum Gasteiger partial charge on any atom is 0.573 e. The first-order valence-corrected chi connectivity index (χ1v) is 6.18. The third kappa shape index (κ3) is 4.21. The summed E-state index contributed by atoms with van der Waals surface area (Å²) in [5, 5.41) is 2.34. The van der Waals surface area contributed by atoms with E-state index in [0.29, 0.717) is 5.56 Å². The van der Waals surface area contributed by atoms with Gasteiger partial charge in [0.2, 0.25) is 0 Å². The normalized spacial score (nSPS) is 11.1. The molecule has 0 aliphatic heterocycles. The fraction of sp³-hybridized carbons (Fsp3) is 0.133. The molecular formula is C15H11F4NO2. The fourth-order valence-corrected chi connectivity index (χ4v) is 1.72. The zero-order chi connectivity index (χ0) is 16.3. The summed E-state index contributed by atoms with van der Waals surface area (Å²) in [7, 11) is 0. The molecule has 3 nitrogen and oxygen atoms in total. The number of carbonyl (C=O) groups is 1. The molecule has 0 aromatic heterocycles. The predicted molar refractivity (Wildman–Crippen MR) is 72.2 cm³/mol. The van der Waals surface area contributed by atoms with Crippen LogP contribution >= 0.6 is 0 Å². The number of hydrogen-bond acceptors (Lipinski definition) is 2. The Morgan fingerprint density at radius 1 is 1.09 bits per heavy atom. The lowest BCUT2D eigenvalue weighted by Crippen LogP contribution is -2.17. The standard InChI is InChI=1S/C15H11F4NO2/c1-9-2-7-13(12(16)8-9)20-14(21)10-3-5-11(6-4-10)22-15(17,18)19/h2-8H,1H3,(H,20,21). The van der Waals surface area contributed by atoms with E-state index in [9.17, 15) is 22.4 Å². The highest BCUT2D eigenvalue weighted by atomic mass is 19.4. The van der Waals surface area contributed by atoms with E-state index in [1.54, 1.807) is 13.0 Å². The van der Waals surface area contributed by atoms with Crippen LogP contribution in [0.15, 0.2) is 42.5 Å². The van der Waals surface area contributed by atoms with Crippen molar-refractivity contribution >= 4 is 11.6 Å². The SMILES string of the molecule is Cc1ccc(NC(=O)c2ccc(OC(F)(F)F)cc2)c(F)c1. The van der Waals surface area contributed by atoms with Gasteiger partial charge in [-0.25, -0.2) is 4.39 Å². The molecule has 0 atom stereocenters. The molecule has 0 aliphatic carbocycles. The van der Waals surface area contributed by atoms with E-state index in [1.165, 1.54) is 12.1 Å². The van der Waals surface area contributed by atoms with Gasteiger partial charge in [-0.05, 0) is 48.9 Å². The Balaban J connectivity index is 2.10. The van der Waals surface area contributed by atoms with Gasteiger partial charge in [0.25, 0.3) is 5.91 Å². The minimum atomic E-state index is -4.80. The van der Waals surface area contributed by atoms with Crippen molar-refractivity contribution in [1.82, 2.24) is 0 Å². The van der Waals surface area contributed by atoms with Gasteiger partial charge >= 0.3 is 6.36 Å². The largest absolute Gasteiger partial charge is 0.573 e. The number of benzene rings is 2. The van der Waals surface area contributed by atoms with E-state index >= 15 is 0 Å². The van der Waals surface area contributed by atoms with Crippen LogP contribution in [0.25, 0.3) is 0 Å². The molecular weight excluding hydrogens is 302 g/mol. The second-order valence-electron chi connectivity index (χ2n) is 4.51. The van der Waals surface area contributed by atoms with Crippen LogP contribution in [0.3, 0.4) is 0 Å². The number of rotatable bonds is 3. The van der Waals surface area contributed by atoms with Crippen molar-refractivity contribution < 1.29 is 27.1 Å². The summed E-state index contributed by atoms with van der Waals surface area (Å²) in [5.41, 5.74) is 0.768. The second-order valence-corrected chi connectivity index (χ2v) is 4.51. The van der Waals surface area contributed by atoms with Gasteiger partial charge in [-0.15, -0.1) is 13.2 Å². The molecule has 0 saturated heterocycles. The highest BCUT2D eigenvalue weighted by Gasteiger charge is 2.31. The Kier molecular flexibility index (Phi) is 4.35. The molecule has 0 radical (unpaired) electrons. The lowest BCUT2D eigenvalue weighted by Gasteiger charge is -2.10. The van der Waals surface area contributed by atoms with E-state index in [4.69, 9.17) is 0 Å². The number of amides is 1. The highest BCUT2D eigenvalue weighted by Crippen LogP contribution is 2.23. The first-order chi connectivity index (χ1) is 10.2. The minimum Gasteiger partial charge on any atom is -0.406 e. The molecule has 0 bridgehead atoms. The Labute approximate surface area is 123 Å². The van der Waals surface area contributed by atoms with Crippen molar-refractivity contribution in [2.75, 3.05) is 5.32 Å². The first-order valence-electron chi connectivity index (χ1n) is 6.18. The molecule has 116 valence electrons. The van der Waals surface area contributed by atoms with Crippen LogP contribution in [0.1, 0.15) is 15.9 Å². The molecule has 22 heavy (non-hydrogen) atoms. The molecule has 0 saturated carbocycles. The molecule has 0 unspecified atom stereocenters. The van der Waals surface area contributed by atoms with Crippen LogP contribution in [0.2, 0.25) is 0 Å². The molecule has 1 amide bonds. The quantitative estimate of drug-likeness (QED) is 0.859. The lowest BCUT2D eigenvalue weighted by atomic mass is 10.2. The Hall–Kier alpha value is -2.57. The first kappa shape index (κ1) is 15.8. The van der Waals surface area contributed by atoms with E-state index in [2.05, 4.69) is 10.1 Å². The average Bonchev–Trinajstić information content (AvgIpc) is 2.41. The molecule has 0 spiro atoms. The second kappa shape index (κ2) is 6.05. The third-order valence-corrected chi connectivity index (χ3v) is 2.72. The summed E-state index contributed by atoms with van der Waals surface area (Å²) in [6.45, 7) is 1.70. The maximum atomic E-state index is 13.6. The summed E-state index contributed by atoms with van der Waals surface area (Å²) in [6.07, 6.45) is -4.80. The topological polar surface area (TPSA) is 38.3 Å². The number of hydrogen-bond donors (Lipinski definition) is 1. The van der Waals surface area contributed by atoms with E-state index in [0.717, 1.165) is 24.3 Å². The van der Waals surface area contributed by atoms with Crippen molar-refractivity contribution in [3.8, 4) is 5.75 Å². The maximum absolute atomic E-state index is 13.6. The van der Waals surface area contributed by atoms with Gasteiger partial charge < -0.3 is 10.1 Å². The number of carbonyl (C=O) groups excluding carboxylic acids is 1. The van der Waals surface area contributed by atoms with Gasteiger partial charge in [0.05, 0.1) is 5.69 Å². The molecule has 7 heteroatoms. The molecule has 0 aliphatic rings. The van der Waals surface area contributed by atoms with Crippen molar-refractivity contribution in [2.45, 2.75) is 13.3 Å². The number of ether oxygens (including phenoxy) is 1. The third-order valence-electron chi connectivity index (χ3n) is 2.72. The van der Waals surface area contributed by atoms with Gasteiger partial charge in [0.1, 0.15) is 11.6 Å². The number of anilines is 1. The summed E-state index contributed by atoms with van der Waals surface area (Å²) in [4.78, 5) is 11.9. The van der Waals surface area contributed by atoms with E-state index < -0.39 is 23.8 Å². The summed E-state index contributed by atoms with van der Waals surface area (Å²) >= 11 is 0. The van der Waals surface area contributed by atoms with Gasteiger partial charge in [-0.1, -0.05) is 6.07 Å². The smallest absolute Gasteiger partial charge is 0.406 e. The van der Waals surface area contributed by atoms with Crippen molar-refractivity contribution in [3.05, 3.63) is 59.4 Å². The van der Waals surface area contributed by atoms with E-state index in [-0.39, 0.29) is 11.3 Å². The summed E-state index contributed by atoms with van der Waals surface area (Å²) in [6, 6.07) is 8.62. The predicted octanol–water partition coefficient (Wildman–Crippen LogP) is 4.29. The van der Waals surface area contributed by atoms with Gasteiger partial charge in [-0.3, -0.25) is 4.79 Å². The Morgan fingerprint density at radius 3 is 2.27 bits per heavy atom. The molecule has 2 aromatic rings. The molecule has 0 fully saturated rings. The van der Waals surface area contributed by atoms with Crippen molar-refractivity contribution in [3.63, 3.8) is 0 Å². The molecule has 0 heterocycles. The molecule has 1 N–H and O–H groups in total. The molecule has 2 rings (SSSR count). The lowest BCUT2D eigenvalue weighted by molar-refractivity contribution is -0.274. The van der Waals surface area contributed by atoms with Crippen LogP contribution in [-0.2, 0) is 0 Å². The fourth-order valence-electron chi connectivity index (χ4n) is 1.72. The zero-order valence-corrected chi connectivity index (χ0v) is 11.4. The van der Waals surface area contributed by atoms with Crippen LogP contribution in [0, 0.1) is 12.7 Å². The monoisotopic (exact) mass is 313 g/mol. The zero-order valence-electron chi connectivity index (χ0n) is 11.4. The van der Waals surface area contributed by atoms with Gasteiger partial charge in [-0.2, -0.15) is 0 Å². The average molecular weight is 313 g/mol. The van der Waals surface area contributed by atoms with Crippen molar-refractivity contribution in [2.24, 2.45) is 0 Å². The van der Waals surface area contributed by atoms with Crippen LogP contribution in [0.4, 0.5) is 23.2 Å². The summed E-state index contributed by atoms with van der Waals surface area (Å²) in [5.74, 6) is -1.67. The number of halogens is 4. The van der Waals surface area contributed by atoms with Crippen LogP contribution < -0.4 is 10.1 Å². The van der Waals surface area contributed by atoms with Crippen LogP contribution in [0.5, 0.6) is 5.75 Å². The Bertz CT molecular complexity index is 681. The minimum absolute atomic E-state index is 0.00813. The molecule has 2 aromatic carbocycles. The van der Waals surface area contributed by atoms with Gasteiger partial charge in [0.15, 0.2) is 0 Å². The number of aryl methyl sites for hydroxylation is 1. The highest BCUT2D eigenvalue weighted by molar-refractivity contribution is 6.04. The Morgan fingerprint density at radius 2 is 1.73 bits per heavy atom. The number of nitrogens with one attached hydrogen (secondary N) is 1. The number of alkyl halides is 3. The van der Waals surface area contributed by atoms with Gasteiger partial charge in [0, 0.05) is 5.56 Å². The van der Waals surface area contributed by atoms with Crippen LogP contribution in [-0.4, -0.2) is 12.3 Å².